The molecule has 2 aliphatic heterocycles. The highest BCUT2D eigenvalue weighted by Crippen LogP contribution is 2.36. The first-order chi connectivity index (χ1) is 15.1. The first-order valence-corrected chi connectivity index (χ1v) is 10.3. The molecule has 0 unspecified atom stereocenters. The quantitative estimate of drug-likeness (QED) is 0.667. The van der Waals surface area contributed by atoms with Gasteiger partial charge in [-0.3, -0.25) is 19.4 Å². The van der Waals surface area contributed by atoms with E-state index in [0.717, 1.165) is 31.4 Å². The summed E-state index contributed by atoms with van der Waals surface area (Å²) in [6.07, 6.45) is -2.13. The normalized spacial score (nSPS) is 21.0. The summed E-state index contributed by atoms with van der Waals surface area (Å²) in [5.41, 5.74) is -2.14. The van der Waals surface area contributed by atoms with Gasteiger partial charge in [0.15, 0.2) is 0 Å². The number of carbonyl (C=O) groups excluding carboxylic acids is 2. The maximum atomic E-state index is 13.3. The van der Waals surface area contributed by atoms with E-state index < -0.39 is 40.7 Å². The standard InChI is InChI=1S/C21H22F3N5O3/c1-11-6-4-5-9-29(11)20-27-17-16(19(32)28-20)12(10-15(30)26-17)18(31)25-14-8-3-2-7-13(14)21(22,23)24/h2-3,7-8,11-12H,4-6,9-10H2,1H3,(H,25,31)(H2,26,27,28,30,32)/t11-,12-/m0/s1. The highest BCUT2D eigenvalue weighted by molar-refractivity contribution is 6.04. The number of nitrogens with one attached hydrogen (secondary N) is 3. The summed E-state index contributed by atoms with van der Waals surface area (Å²) < 4.78 is 39.8. The molecule has 11 heteroatoms. The van der Waals surface area contributed by atoms with Crippen LogP contribution in [0.15, 0.2) is 29.1 Å². The average Bonchev–Trinajstić information content (AvgIpc) is 2.72. The summed E-state index contributed by atoms with van der Waals surface area (Å²) in [6, 6.07) is 4.67. The summed E-state index contributed by atoms with van der Waals surface area (Å²) in [4.78, 5) is 47.0. The van der Waals surface area contributed by atoms with Crippen molar-refractivity contribution in [1.82, 2.24) is 9.97 Å². The fourth-order valence-corrected chi connectivity index (χ4v) is 4.19. The largest absolute Gasteiger partial charge is 0.418 e. The highest BCUT2D eigenvalue weighted by Gasteiger charge is 2.38. The molecule has 0 radical (unpaired) electrons. The van der Waals surface area contributed by atoms with E-state index in [1.807, 2.05) is 11.8 Å². The van der Waals surface area contributed by atoms with Crippen LogP contribution in [0.3, 0.4) is 0 Å². The number of aromatic nitrogens is 2. The lowest BCUT2D eigenvalue weighted by atomic mass is 9.92. The molecule has 2 aromatic rings. The van der Waals surface area contributed by atoms with Crippen molar-refractivity contribution in [2.45, 2.75) is 50.7 Å². The molecule has 3 N–H and O–H groups in total. The molecular weight excluding hydrogens is 427 g/mol. The number of alkyl halides is 3. The number of carbonyl (C=O) groups is 2. The molecule has 32 heavy (non-hydrogen) atoms. The van der Waals surface area contributed by atoms with Gasteiger partial charge in [0, 0.05) is 19.0 Å². The second-order valence-corrected chi connectivity index (χ2v) is 8.03. The molecule has 1 aromatic heterocycles. The smallest absolute Gasteiger partial charge is 0.340 e. The topological polar surface area (TPSA) is 107 Å². The minimum absolute atomic E-state index is 0.0398. The maximum absolute atomic E-state index is 13.3. The summed E-state index contributed by atoms with van der Waals surface area (Å²) in [7, 11) is 0. The number of para-hydroxylation sites is 1. The first kappa shape index (κ1) is 21.8. The minimum Gasteiger partial charge on any atom is -0.340 e. The summed E-state index contributed by atoms with van der Waals surface area (Å²) in [6.45, 7) is 2.69. The number of halogens is 3. The van der Waals surface area contributed by atoms with Crippen LogP contribution in [0, 0.1) is 0 Å². The molecule has 3 heterocycles. The number of hydrogen-bond acceptors (Lipinski definition) is 5. The van der Waals surface area contributed by atoms with Gasteiger partial charge in [-0.05, 0) is 38.3 Å². The maximum Gasteiger partial charge on any atom is 0.418 e. The molecule has 8 nitrogen and oxygen atoms in total. The van der Waals surface area contributed by atoms with Crippen molar-refractivity contribution >= 4 is 29.3 Å². The number of piperidine rings is 1. The van der Waals surface area contributed by atoms with Gasteiger partial charge in [-0.2, -0.15) is 18.2 Å². The van der Waals surface area contributed by atoms with Gasteiger partial charge in [0.2, 0.25) is 17.8 Å². The Morgan fingerprint density at radius 1 is 1.22 bits per heavy atom. The molecule has 170 valence electrons. The molecule has 0 bridgehead atoms. The molecule has 0 spiro atoms. The lowest BCUT2D eigenvalue weighted by molar-refractivity contribution is -0.137. The van der Waals surface area contributed by atoms with Crippen molar-refractivity contribution in [3.63, 3.8) is 0 Å². The molecule has 0 aliphatic carbocycles. The third kappa shape index (κ3) is 4.19. The molecule has 1 aromatic carbocycles. The number of benzene rings is 1. The zero-order valence-electron chi connectivity index (χ0n) is 17.3. The SMILES string of the molecule is C[C@H]1CCCCN1c1nc2c(c(=O)[nH]1)[C@@H](C(=O)Nc1ccccc1C(F)(F)F)CC(=O)N2. The van der Waals surface area contributed by atoms with Crippen LogP contribution in [-0.2, 0) is 15.8 Å². The Morgan fingerprint density at radius 3 is 2.69 bits per heavy atom. The van der Waals surface area contributed by atoms with Gasteiger partial charge in [0.1, 0.15) is 5.82 Å². The molecule has 1 saturated heterocycles. The van der Waals surface area contributed by atoms with Crippen LogP contribution in [0.5, 0.6) is 0 Å². The van der Waals surface area contributed by atoms with Crippen LogP contribution in [-0.4, -0.2) is 34.4 Å². The van der Waals surface area contributed by atoms with Crippen LogP contribution < -0.4 is 21.1 Å². The van der Waals surface area contributed by atoms with Crippen LogP contribution >= 0.6 is 0 Å². The fraction of sp³-hybridized carbons (Fsp3) is 0.429. The van der Waals surface area contributed by atoms with Crippen molar-refractivity contribution in [2.75, 3.05) is 22.1 Å². The minimum atomic E-state index is -4.68. The molecule has 4 rings (SSSR count). The van der Waals surface area contributed by atoms with Crippen LogP contribution in [0.4, 0.5) is 30.6 Å². The first-order valence-electron chi connectivity index (χ1n) is 10.3. The Labute approximate surface area is 181 Å². The van der Waals surface area contributed by atoms with E-state index in [-0.39, 0.29) is 23.8 Å². The van der Waals surface area contributed by atoms with Crippen LogP contribution in [0.1, 0.15) is 49.7 Å². The number of amides is 2. The predicted molar refractivity (Wildman–Crippen MR) is 112 cm³/mol. The van der Waals surface area contributed by atoms with Crippen LogP contribution in [0.2, 0.25) is 0 Å². The van der Waals surface area contributed by atoms with E-state index in [1.54, 1.807) is 0 Å². The Bertz CT molecular complexity index is 1110. The number of aromatic amines is 1. The Morgan fingerprint density at radius 2 is 1.97 bits per heavy atom. The van der Waals surface area contributed by atoms with Crippen molar-refractivity contribution in [1.29, 1.82) is 0 Å². The molecule has 2 aliphatic rings. The van der Waals surface area contributed by atoms with Crippen molar-refractivity contribution in [3.05, 3.63) is 45.7 Å². The molecular formula is C21H22F3N5O3. The van der Waals surface area contributed by atoms with E-state index in [0.29, 0.717) is 12.5 Å². The number of hydrogen-bond donors (Lipinski definition) is 3. The number of anilines is 3. The summed E-state index contributed by atoms with van der Waals surface area (Å²) in [5, 5.41) is 4.75. The number of rotatable bonds is 3. The molecule has 1 fully saturated rings. The van der Waals surface area contributed by atoms with Gasteiger partial charge in [-0.25, -0.2) is 0 Å². The van der Waals surface area contributed by atoms with Gasteiger partial charge in [-0.1, -0.05) is 12.1 Å². The summed E-state index contributed by atoms with van der Waals surface area (Å²) >= 11 is 0. The Balaban J connectivity index is 1.67. The van der Waals surface area contributed by atoms with Crippen molar-refractivity contribution < 1.29 is 22.8 Å². The number of fused-ring (bicyclic) bond motifs is 1. The zero-order valence-corrected chi connectivity index (χ0v) is 17.3. The van der Waals surface area contributed by atoms with Crippen molar-refractivity contribution in [2.24, 2.45) is 0 Å². The predicted octanol–water partition coefficient (Wildman–Crippen LogP) is 3.23. The number of H-pyrrole nitrogens is 1. The van der Waals surface area contributed by atoms with E-state index in [2.05, 4.69) is 20.6 Å². The van der Waals surface area contributed by atoms with E-state index in [1.165, 1.54) is 12.1 Å². The third-order valence-corrected chi connectivity index (χ3v) is 5.82. The number of nitrogens with zero attached hydrogens (tertiary/aromatic N) is 2. The zero-order chi connectivity index (χ0) is 23.0. The van der Waals surface area contributed by atoms with E-state index >= 15 is 0 Å². The Kier molecular flexibility index (Phi) is 5.66. The highest BCUT2D eigenvalue weighted by atomic mass is 19.4. The van der Waals surface area contributed by atoms with Gasteiger partial charge in [0.05, 0.1) is 22.7 Å². The second-order valence-electron chi connectivity index (χ2n) is 8.03. The fourth-order valence-electron chi connectivity index (χ4n) is 4.19. The average molecular weight is 449 g/mol. The van der Waals surface area contributed by atoms with Gasteiger partial charge in [-0.15, -0.1) is 0 Å². The van der Waals surface area contributed by atoms with Crippen LogP contribution in [0.25, 0.3) is 0 Å². The van der Waals surface area contributed by atoms with Gasteiger partial charge >= 0.3 is 6.18 Å². The Hall–Kier alpha value is -3.37. The second kappa shape index (κ2) is 8.29. The summed E-state index contributed by atoms with van der Waals surface area (Å²) in [5.74, 6) is -2.45. The third-order valence-electron chi connectivity index (χ3n) is 5.82. The molecule has 2 atom stereocenters. The van der Waals surface area contributed by atoms with E-state index in [9.17, 15) is 27.6 Å². The molecule has 0 saturated carbocycles. The van der Waals surface area contributed by atoms with Gasteiger partial charge < -0.3 is 15.5 Å². The van der Waals surface area contributed by atoms with E-state index in [4.69, 9.17) is 0 Å². The van der Waals surface area contributed by atoms with Crippen molar-refractivity contribution in [3.8, 4) is 0 Å². The van der Waals surface area contributed by atoms with Gasteiger partial charge in [0.25, 0.3) is 5.56 Å². The monoisotopic (exact) mass is 449 g/mol. The lowest BCUT2D eigenvalue weighted by Crippen LogP contribution is -2.42. The molecule has 2 amide bonds. The lowest BCUT2D eigenvalue weighted by Gasteiger charge is -2.34.